The summed E-state index contributed by atoms with van der Waals surface area (Å²) in [6.07, 6.45) is 8.96. The number of unbranched alkanes of at least 4 members (excludes halogenated alkanes) is 4. The van der Waals surface area contributed by atoms with Crippen molar-refractivity contribution in [2.45, 2.75) is 96.4 Å². The average molecular weight is 338 g/mol. The summed E-state index contributed by atoms with van der Waals surface area (Å²) in [4.78, 5) is 28.3. The molecule has 24 heavy (non-hydrogen) atoms. The molecule has 2 heterocycles. The van der Waals surface area contributed by atoms with E-state index in [1.165, 1.54) is 32.1 Å². The minimum absolute atomic E-state index is 0.167. The van der Waals surface area contributed by atoms with Crippen molar-refractivity contribution in [3.05, 3.63) is 0 Å². The number of ether oxygens (including phenoxy) is 1. The summed E-state index contributed by atoms with van der Waals surface area (Å²) >= 11 is 0. The van der Waals surface area contributed by atoms with Gasteiger partial charge in [0.2, 0.25) is 0 Å². The molecule has 0 aliphatic carbocycles. The number of hydrogen-bond donors (Lipinski definition) is 0. The molecule has 0 saturated carbocycles. The van der Waals surface area contributed by atoms with E-state index < -0.39 is 5.60 Å². The van der Waals surface area contributed by atoms with E-state index in [0.717, 1.165) is 25.7 Å². The highest BCUT2D eigenvalue weighted by Gasteiger charge is 2.48. The van der Waals surface area contributed by atoms with Gasteiger partial charge in [0, 0.05) is 18.6 Å². The predicted molar refractivity (Wildman–Crippen MR) is 95.1 cm³/mol. The molecule has 138 valence electrons. The number of carbonyl (C=O) groups excluding carboxylic acids is 2. The lowest BCUT2D eigenvalue weighted by atomic mass is 10.0. The lowest BCUT2D eigenvalue weighted by Crippen LogP contribution is -2.62. The van der Waals surface area contributed by atoms with Gasteiger partial charge in [-0.1, -0.05) is 32.6 Å². The van der Waals surface area contributed by atoms with Gasteiger partial charge in [0.1, 0.15) is 17.9 Å². The minimum atomic E-state index is -0.528. The summed E-state index contributed by atoms with van der Waals surface area (Å²) in [6.45, 7) is 9.48. The zero-order valence-electron chi connectivity index (χ0n) is 15.8. The molecule has 0 spiro atoms. The molecule has 0 aromatic heterocycles. The lowest BCUT2D eigenvalue weighted by Gasteiger charge is -2.45. The molecule has 2 saturated heterocycles. The summed E-state index contributed by atoms with van der Waals surface area (Å²) in [5.74, 6) is 0. The predicted octanol–water partition coefficient (Wildman–Crippen LogP) is 3.61. The molecule has 5 heteroatoms. The minimum Gasteiger partial charge on any atom is -0.444 e. The average Bonchev–Trinajstić information content (AvgIpc) is 2.77. The molecule has 2 fully saturated rings. The van der Waals surface area contributed by atoms with Crippen LogP contribution in [0.15, 0.2) is 0 Å². The van der Waals surface area contributed by atoms with Crippen LogP contribution in [0.3, 0.4) is 0 Å². The first kappa shape index (κ1) is 19.2. The number of hydrogen-bond acceptors (Lipinski definition) is 4. The smallest absolute Gasteiger partial charge is 0.411 e. The van der Waals surface area contributed by atoms with Crippen molar-refractivity contribution in [1.82, 2.24) is 9.80 Å². The molecule has 3 atom stereocenters. The molecule has 1 amide bonds. The maximum Gasteiger partial charge on any atom is 0.411 e. The zero-order valence-corrected chi connectivity index (χ0v) is 15.8. The molecule has 2 bridgehead atoms. The third kappa shape index (κ3) is 4.71. The van der Waals surface area contributed by atoms with Crippen LogP contribution in [0, 0.1) is 0 Å². The van der Waals surface area contributed by atoms with E-state index >= 15 is 0 Å². The Morgan fingerprint density at radius 1 is 1.17 bits per heavy atom. The summed E-state index contributed by atoms with van der Waals surface area (Å²) in [5, 5.41) is 0. The molecule has 0 aromatic carbocycles. The molecule has 1 unspecified atom stereocenters. The molecule has 2 aliphatic rings. The first-order valence-corrected chi connectivity index (χ1v) is 9.58. The van der Waals surface area contributed by atoms with Crippen LogP contribution in [-0.4, -0.2) is 59.0 Å². The zero-order chi connectivity index (χ0) is 17.7. The molecule has 2 rings (SSSR count). The highest BCUT2D eigenvalue weighted by Crippen LogP contribution is 2.34. The number of aldehydes is 1. The van der Waals surface area contributed by atoms with Crippen LogP contribution >= 0.6 is 0 Å². The molecule has 0 N–H and O–H groups in total. The Labute approximate surface area is 146 Å². The Balaban J connectivity index is 1.95. The summed E-state index contributed by atoms with van der Waals surface area (Å²) in [7, 11) is 0. The van der Waals surface area contributed by atoms with Gasteiger partial charge in [-0.2, -0.15) is 0 Å². The SMILES string of the molecule is CCCCCCCN1C2CC[C@@H]1[C@H](C=O)N(C(=O)OC(C)(C)C)C2. The number of fused-ring (bicyclic) bond motifs is 2. The van der Waals surface area contributed by atoms with Gasteiger partial charge in [-0.15, -0.1) is 0 Å². The van der Waals surface area contributed by atoms with E-state index in [2.05, 4.69) is 11.8 Å². The number of nitrogens with zero attached hydrogens (tertiary/aromatic N) is 2. The topological polar surface area (TPSA) is 49.9 Å². The van der Waals surface area contributed by atoms with Crippen molar-refractivity contribution < 1.29 is 14.3 Å². The Morgan fingerprint density at radius 3 is 2.50 bits per heavy atom. The second-order valence-electron chi connectivity index (χ2n) is 8.21. The highest BCUT2D eigenvalue weighted by molar-refractivity contribution is 5.75. The maximum atomic E-state index is 12.5. The van der Waals surface area contributed by atoms with Crippen LogP contribution in [0.2, 0.25) is 0 Å². The van der Waals surface area contributed by atoms with Crippen molar-refractivity contribution >= 4 is 12.4 Å². The first-order valence-electron chi connectivity index (χ1n) is 9.58. The maximum absolute atomic E-state index is 12.5. The van der Waals surface area contributed by atoms with Crippen LogP contribution in [0.25, 0.3) is 0 Å². The number of amides is 1. The van der Waals surface area contributed by atoms with Gasteiger partial charge in [-0.3, -0.25) is 9.80 Å². The van der Waals surface area contributed by atoms with Crippen molar-refractivity contribution in [2.75, 3.05) is 13.1 Å². The Bertz CT molecular complexity index is 433. The molecular formula is C19H34N2O3. The van der Waals surface area contributed by atoms with Crippen molar-refractivity contribution in [3.8, 4) is 0 Å². The fourth-order valence-electron chi connectivity index (χ4n) is 4.01. The van der Waals surface area contributed by atoms with Crippen LogP contribution in [0.4, 0.5) is 4.79 Å². The van der Waals surface area contributed by atoms with Gasteiger partial charge in [0.05, 0.1) is 0 Å². The van der Waals surface area contributed by atoms with Crippen molar-refractivity contribution in [1.29, 1.82) is 0 Å². The van der Waals surface area contributed by atoms with E-state index in [1.807, 2.05) is 20.8 Å². The van der Waals surface area contributed by atoms with Gasteiger partial charge in [-0.05, 0) is 46.6 Å². The third-order valence-corrected chi connectivity index (χ3v) is 5.14. The van der Waals surface area contributed by atoms with Crippen LogP contribution in [0.5, 0.6) is 0 Å². The number of carbonyl (C=O) groups is 2. The fraction of sp³-hybridized carbons (Fsp3) is 0.895. The fourth-order valence-corrected chi connectivity index (χ4v) is 4.01. The summed E-state index contributed by atoms with van der Waals surface area (Å²) < 4.78 is 5.50. The normalized spacial score (nSPS) is 27.3. The van der Waals surface area contributed by atoms with E-state index in [9.17, 15) is 9.59 Å². The van der Waals surface area contributed by atoms with E-state index in [0.29, 0.717) is 12.6 Å². The Kier molecular flexibility index (Phi) is 6.67. The summed E-state index contributed by atoms with van der Waals surface area (Å²) in [6, 6.07) is 0.180. The summed E-state index contributed by atoms with van der Waals surface area (Å²) in [5.41, 5.74) is -0.528. The number of likely N-dealkylation sites (tertiary alicyclic amines) is 1. The molecule has 0 aromatic rings. The van der Waals surface area contributed by atoms with Gasteiger partial charge in [0.15, 0.2) is 0 Å². The number of rotatable bonds is 7. The molecule has 2 aliphatic heterocycles. The van der Waals surface area contributed by atoms with Crippen LogP contribution in [-0.2, 0) is 9.53 Å². The Morgan fingerprint density at radius 2 is 1.88 bits per heavy atom. The second-order valence-corrected chi connectivity index (χ2v) is 8.21. The monoisotopic (exact) mass is 338 g/mol. The van der Waals surface area contributed by atoms with Gasteiger partial charge >= 0.3 is 6.09 Å². The Hall–Kier alpha value is -1.10. The first-order chi connectivity index (χ1) is 11.4. The molecule has 0 radical (unpaired) electrons. The number of piperazine rings is 1. The lowest BCUT2D eigenvalue weighted by molar-refractivity contribution is -0.117. The van der Waals surface area contributed by atoms with Crippen molar-refractivity contribution in [3.63, 3.8) is 0 Å². The van der Waals surface area contributed by atoms with E-state index in [4.69, 9.17) is 4.74 Å². The standard InChI is InChI=1S/C19H34N2O3/c1-5-6-7-8-9-12-20-15-10-11-16(20)17(14-22)21(13-15)18(23)24-19(2,3)4/h14-17H,5-13H2,1-4H3/t15?,16-,17+/m1/s1. The van der Waals surface area contributed by atoms with Gasteiger partial charge in [-0.25, -0.2) is 4.79 Å². The quantitative estimate of drug-likeness (QED) is 0.525. The van der Waals surface area contributed by atoms with Gasteiger partial charge < -0.3 is 9.53 Å². The molecular weight excluding hydrogens is 304 g/mol. The highest BCUT2D eigenvalue weighted by atomic mass is 16.6. The van der Waals surface area contributed by atoms with E-state index in [1.54, 1.807) is 4.90 Å². The van der Waals surface area contributed by atoms with E-state index in [-0.39, 0.29) is 18.2 Å². The second kappa shape index (κ2) is 8.32. The van der Waals surface area contributed by atoms with Gasteiger partial charge in [0.25, 0.3) is 0 Å². The van der Waals surface area contributed by atoms with Crippen molar-refractivity contribution in [2.24, 2.45) is 0 Å². The third-order valence-electron chi connectivity index (χ3n) is 5.14. The van der Waals surface area contributed by atoms with Crippen LogP contribution < -0.4 is 0 Å². The molecule has 5 nitrogen and oxygen atoms in total. The van der Waals surface area contributed by atoms with Crippen LogP contribution in [0.1, 0.15) is 72.6 Å². The largest absolute Gasteiger partial charge is 0.444 e.